The number of nitrogens with two attached hydrogens (primary N) is 1. The number of sulfonamides is 1. The molecule has 1 amide bonds. The van der Waals surface area contributed by atoms with Gasteiger partial charge in [0.05, 0.1) is 6.54 Å². The number of amides is 1. The third-order valence-electron chi connectivity index (χ3n) is 4.67. The van der Waals surface area contributed by atoms with Gasteiger partial charge in [-0.25, -0.2) is 8.42 Å². The maximum absolute atomic E-state index is 12.5. The van der Waals surface area contributed by atoms with E-state index in [0.29, 0.717) is 30.4 Å². The first kappa shape index (κ1) is 22.4. The molecule has 25 heavy (non-hydrogen) atoms. The lowest BCUT2D eigenvalue weighted by Crippen LogP contribution is -2.34. The largest absolute Gasteiger partial charge is 0.351 e. The smallest absolute Gasteiger partial charge is 0.252 e. The Morgan fingerprint density at radius 3 is 2.60 bits per heavy atom. The van der Waals surface area contributed by atoms with Crippen molar-refractivity contribution in [1.29, 1.82) is 0 Å². The summed E-state index contributed by atoms with van der Waals surface area (Å²) in [7, 11) is -3.42. The zero-order valence-corrected chi connectivity index (χ0v) is 17.2. The molecule has 1 aliphatic carbocycles. The molecular formula is C16H28ClN3O3S2. The molecule has 2 atom stereocenters. The topological polar surface area (TPSA) is 92.5 Å². The normalized spacial score (nSPS) is 20.5. The zero-order chi connectivity index (χ0) is 17.7. The van der Waals surface area contributed by atoms with Crippen LogP contribution >= 0.6 is 23.7 Å². The summed E-state index contributed by atoms with van der Waals surface area (Å²) in [6.45, 7) is 5.46. The van der Waals surface area contributed by atoms with Crippen molar-refractivity contribution < 1.29 is 13.2 Å². The molecule has 9 heteroatoms. The van der Waals surface area contributed by atoms with Gasteiger partial charge in [0, 0.05) is 23.9 Å². The van der Waals surface area contributed by atoms with Crippen LogP contribution in [0.15, 0.2) is 16.3 Å². The van der Waals surface area contributed by atoms with Crippen LogP contribution in [0.5, 0.6) is 0 Å². The summed E-state index contributed by atoms with van der Waals surface area (Å²) in [6.07, 6.45) is 2.95. The Hall–Kier alpha value is -0.670. The Kier molecular flexibility index (Phi) is 8.83. The van der Waals surface area contributed by atoms with Crippen molar-refractivity contribution in [2.75, 3.05) is 19.6 Å². The first-order chi connectivity index (χ1) is 11.4. The first-order valence-electron chi connectivity index (χ1n) is 8.50. The second kappa shape index (κ2) is 9.87. The Balaban J connectivity index is 0.00000312. The van der Waals surface area contributed by atoms with Crippen LogP contribution in [-0.4, -0.2) is 38.3 Å². The van der Waals surface area contributed by atoms with E-state index in [1.165, 1.54) is 15.6 Å². The third kappa shape index (κ3) is 5.17. The Morgan fingerprint density at radius 1 is 1.32 bits per heavy atom. The number of carbonyl (C=O) groups excluding carboxylic acids is 1. The summed E-state index contributed by atoms with van der Waals surface area (Å²) < 4.78 is 26.7. The lowest BCUT2D eigenvalue weighted by Gasteiger charge is -2.17. The highest BCUT2D eigenvalue weighted by Crippen LogP contribution is 2.31. The van der Waals surface area contributed by atoms with Gasteiger partial charge in [-0.3, -0.25) is 4.79 Å². The molecule has 0 radical (unpaired) electrons. The number of hydrogen-bond donors (Lipinski definition) is 2. The van der Waals surface area contributed by atoms with E-state index >= 15 is 0 Å². The summed E-state index contributed by atoms with van der Waals surface area (Å²) in [5.41, 5.74) is 5.73. The van der Waals surface area contributed by atoms with E-state index in [9.17, 15) is 13.2 Å². The van der Waals surface area contributed by atoms with Gasteiger partial charge in [-0.2, -0.15) is 4.31 Å². The van der Waals surface area contributed by atoms with Gasteiger partial charge in [0.25, 0.3) is 10.0 Å². The van der Waals surface area contributed by atoms with Crippen molar-refractivity contribution in [2.45, 2.75) is 43.9 Å². The van der Waals surface area contributed by atoms with E-state index in [0.717, 1.165) is 24.1 Å². The lowest BCUT2D eigenvalue weighted by molar-refractivity contribution is -0.126. The van der Waals surface area contributed by atoms with E-state index < -0.39 is 10.0 Å². The molecule has 0 saturated heterocycles. The Morgan fingerprint density at radius 2 is 2.00 bits per heavy atom. The number of nitrogens with one attached hydrogen (secondary N) is 1. The molecule has 1 saturated carbocycles. The van der Waals surface area contributed by atoms with Crippen LogP contribution in [0.4, 0.5) is 0 Å². The van der Waals surface area contributed by atoms with Gasteiger partial charge in [0.15, 0.2) is 0 Å². The van der Waals surface area contributed by atoms with Gasteiger partial charge in [-0.15, -0.1) is 23.7 Å². The summed E-state index contributed by atoms with van der Waals surface area (Å²) in [6, 6.07) is 3.40. The van der Waals surface area contributed by atoms with Gasteiger partial charge in [0.1, 0.15) is 4.21 Å². The SMILES string of the molecule is CCN(CC)S(=O)(=O)c1ccc(CNC(=O)[C@@H]2CCC[C@@H]2CN)s1.Cl. The van der Waals surface area contributed by atoms with E-state index in [1.807, 2.05) is 13.8 Å². The van der Waals surface area contributed by atoms with Crippen molar-refractivity contribution in [1.82, 2.24) is 9.62 Å². The van der Waals surface area contributed by atoms with Crippen LogP contribution in [-0.2, 0) is 21.4 Å². The molecule has 0 aliphatic heterocycles. The van der Waals surface area contributed by atoms with Crippen molar-refractivity contribution >= 4 is 39.7 Å². The number of nitrogens with zero attached hydrogens (tertiary/aromatic N) is 1. The Bertz CT molecular complexity index is 659. The first-order valence-corrected chi connectivity index (χ1v) is 10.8. The van der Waals surface area contributed by atoms with Crippen LogP contribution in [0, 0.1) is 11.8 Å². The molecule has 1 fully saturated rings. The minimum Gasteiger partial charge on any atom is -0.351 e. The monoisotopic (exact) mass is 409 g/mol. The molecule has 3 N–H and O–H groups in total. The molecule has 0 spiro atoms. The maximum Gasteiger partial charge on any atom is 0.252 e. The molecule has 2 rings (SSSR count). The summed E-state index contributed by atoms with van der Waals surface area (Å²) >= 11 is 1.22. The number of rotatable bonds is 8. The number of carbonyl (C=O) groups is 1. The minimum absolute atomic E-state index is 0. The highest BCUT2D eigenvalue weighted by atomic mass is 35.5. The van der Waals surface area contributed by atoms with Crippen LogP contribution in [0.25, 0.3) is 0 Å². The van der Waals surface area contributed by atoms with Gasteiger partial charge < -0.3 is 11.1 Å². The predicted octanol–water partition coefficient (Wildman–Crippen LogP) is 2.19. The second-order valence-electron chi connectivity index (χ2n) is 6.06. The van der Waals surface area contributed by atoms with E-state index in [4.69, 9.17) is 5.73 Å². The van der Waals surface area contributed by atoms with Crippen molar-refractivity contribution in [3.05, 3.63) is 17.0 Å². The van der Waals surface area contributed by atoms with Crippen LogP contribution in [0.2, 0.25) is 0 Å². The predicted molar refractivity (Wildman–Crippen MR) is 103 cm³/mol. The van der Waals surface area contributed by atoms with Gasteiger partial charge in [-0.05, 0) is 37.4 Å². The highest BCUT2D eigenvalue weighted by molar-refractivity contribution is 7.91. The van der Waals surface area contributed by atoms with Gasteiger partial charge >= 0.3 is 0 Å². The molecule has 1 aliphatic rings. The highest BCUT2D eigenvalue weighted by Gasteiger charge is 2.31. The molecule has 1 aromatic heterocycles. The van der Waals surface area contributed by atoms with Crippen molar-refractivity contribution in [3.8, 4) is 0 Å². The van der Waals surface area contributed by atoms with Crippen LogP contribution in [0.3, 0.4) is 0 Å². The fourth-order valence-electron chi connectivity index (χ4n) is 3.25. The molecule has 0 bridgehead atoms. The average Bonchev–Trinajstić information content (AvgIpc) is 3.22. The quantitative estimate of drug-likeness (QED) is 0.688. The maximum atomic E-state index is 12.5. The average molecular weight is 410 g/mol. The van der Waals surface area contributed by atoms with Crippen molar-refractivity contribution in [2.24, 2.45) is 17.6 Å². The second-order valence-corrected chi connectivity index (χ2v) is 9.39. The molecule has 1 aromatic rings. The standard InChI is InChI=1S/C16H27N3O3S2.ClH/c1-3-19(4-2)24(21,22)15-9-8-13(23-15)11-18-16(20)14-7-5-6-12(14)10-17;/h8-9,12,14H,3-7,10-11,17H2,1-2H3,(H,18,20);1H/t12-,14-;/m1./s1. The zero-order valence-electron chi connectivity index (χ0n) is 14.7. The fourth-order valence-corrected chi connectivity index (χ4v) is 6.16. The summed E-state index contributed by atoms with van der Waals surface area (Å²) in [5.74, 6) is 0.297. The van der Waals surface area contributed by atoms with E-state index in [-0.39, 0.29) is 30.2 Å². The molecule has 144 valence electrons. The minimum atomic E-state index is -3.42. The molecule has 0 unspecified atom stereocenters. The Labute approximate surface area is 160 Å². The number of hydrogen-bond acceptors (Lipinski definition) is 5. The molecule has 0 aromatic carbocycles. The number of halogens is 1. The molecular weight excluding hydrogens is 382 g/mol. The van der Waals surface area contributed by atoms with Gasteiger partial charge in [-0.1, -0.05) is 20.3 Å². The summed E-state index contributed by atoms with van der Waals surface area (Å²) in [5, 5.41) is 2.93. The van der Waals surface area contributed by atoms with Crippen LogP contribution in [0.1, 0.15) is 38.0 Å². The van der Waals surface area contributed by atoms with Gasteiger partial charge in [0.2, 0.25) is 5.91 Å². The fraction of sp³-hybridized carbons (Fsp3) is 0.688. The molecule has 6 nitrogen and oxygen atoms in total. The molecule has 1 heterocycles. The lowest BCUT2D eigenvalue weighted by atomic mass is 9.95. The van der Waals surface area contributed by atoms with Crippen LogP contribution < -0.4 is 11.1 Å². The third-order valence-corrected chi connectivity index (χ3v) is 8.27. The van der Waals surface area contributed by atoms with Crippen molar-refractivity contribution in [3.63, 3.8) is 0 Å². The van der Waals surface area contributed by atoms with E-state index in [1.54, 1.807) is 12.1 Å². The number of thiophene rings is 1. The summed E-state index contributed by atoms with van der Waals surface area (Å²) in [4.78, 5) is 13.1. The van der Waals surface area contributed by atoms with E-state index in [2.05, 4.69) is 5.32 Å².